The number of fused-ring (bicyclic) bond motifs is 1. The molecule has 0 radical (unpaired) electrons. The van der Waals surface area contributed by atoms with Crippen molar-refractivity contribution in [2.24, 2.45) is 5.73 Å². The second-order valence-electron chi connectivity index (χ2n) is 4.03. The fraction of sp³-hybridized carbons (Fsp3) is 0.167. The molecular formula is C12H10BrFN4S. The minimum atomic E-state index is -0.315. The summed E-state index contributed by atoms with van der Waals surface area (Å²) in [6.45, 7) is 0.575. The Labute approximate surface area is 121 Å². The highest BCUT2D eigenvalue weighted by molar-refractivity contribution is 9.10. The zero-order valence-electron chi connectivity index (χ0n) is 9.78. The van der Waals surface area contributed by atoms with Crippen molar-refractivity contribution in [2.75, 3.05) is 6.54 Å². The van der Waals surface area contributed by atoms with Crippen LogP contribution in [0, 0.1) is 5.82 Å². The molecule has 2 aromatic heterocycles. The van der Waals surface area contributed by atoms with Gasteiger partial charge in [0.15, 0.2) is 5.82 Å². The van der Waals surface area contributed by atoms with Crippen LogP contribution in [0.2, 0.25) is 0 Å². The number of imidazole rings is 1. The number of rotatable bonds is 3. The van der Waals surface area contributed by atoms with Crippen molar-refractivity contribution in [1.29, 1.82) is 0 Å². The maximum Gasteiger partial charge on any atom is 0.158 e. The maximum absolute atomic E-state index is 13.4. The van der Waals surface area contributed by atoms with E-state index in [0.717, 1.165) is 17.1 Å². The van der Waals surface area contributed by atoms with Gasteiger partial charge in [0.2, 0.25) is 0 Å². The van der Waals surface area contributed by atoms with Crippen molar-refractivity contribution in [3.05, 3.63) is 32.8 Å². The van der Waals surface area contributed by atoms with Gasteiger partial charge in [-0.25, -0.2) is 14.4 Å². The van der Waals surface area contributed by atoms with E-state index in [1.165, 1.54) is 6.07 Å². The Hall–Kier alpha value is -1.31. The number of H-pyrrole nitrogens is 1. The third kappa shape index (κ3) is 2.41. The standard InChI is InChI=1S/C12H10BrFN4S/c13-6-3-8-9(4-7(6)14)18-12(17-8)10-5-19-11(16-10)1-2-15/h3-5H,1-2,15H2,(H,17,18). The van der Waals surface area contributed by atoms with E-state index in [0.29, 0.717) is 27.9 Å². The van der Waals surface area contributed by atoms with Gasteiger partial charge in [-0.15, -0.1) is 11.3 Å². The summed E-state index contributed by atoms with van der Waals surface area (Å²) in [7, 11) is 0. The van der Waals surface area contributed by atoms with Gasteiger partial charge in [0.25, 0.3) is 0 Å². The van der Waals surface area contributed by atoms with Crippen LogP contribution in [-0.2, 0) is 6.42 Å². The van der Waals surface area contributed by atoms with Gasteiger partial charge in [0.1, 0.15) is 11.5 Å². The van der Waals surface area contributed by atoms with Crippen LogP contribution in [0.4, 0.5) is 4.39 Å². The lowest BCUT2D eigenvalue weighted by Gasteiger charge is -1.92. The van der Waals surface area contributed by atoms with Crippen molar-refractivity contribution < 1.29 is 4.39 Å². The normalized spacial score (nSPS) is 11.3. The topological polar surface area (TPSA) is 67.6 Å². The van der Waals surface area contributed by atoms with E-state index >= 15 is 0 Å². The van der Waals surface area contributed by atoms with Gasteiger partial charge in [0, 0.05) is 17.9 Å². The quantitative estimate of drug-likeness (QED) is 0.769. The van der Waals surface area contributed by atoms with E-state index in [4.69, 9.17) is 5.73 Å². The monoisotopic (exact) mass is 340 g/mol. The summed E-state index contributed by atoms with van der Waals surface area (Å²) in [4.78, 5) is 11.9. The highest BCUT2D eigenvalue weighted by atomic mass is 79.9. The predicted molar refractivity (Wildman–Crippen MR) is 77.6 cm³/mol. The number of benzene rings is 1. The van der Waals surface area contributed by atoms with Crippen LogP contribution < -0.4 is 5.73 Å². The Kier molecular flexibility index (Phi) is 3.34. The van der Waals surface area contributed by atoms with E-state index in [-0.39, 0.29) is 5.82 Å². The average molecular weight is 341 g/mol. The molecule has 2 heterocycles. The van der Waals surface area contributed by atoms with Crippen molar-refractivity contribution in [3.63, 3.8) is 0 Å². The van der Waals surface area contributed by atoms with E-state index in [9.17, 15) is 4.39 Å². The molecule has 0 amide bonds. The van der Waals surface area contributed by atoms with Gasteiger partial charge in [-0.2, -0.15) is 0 Å². The zero-order valence-corrected chi connectivity index (χ0v) is 12.2. The van der Waals surface area contributed by atoms with E-state index < -0.39 is 0 Å². The van der Waals surface area contributed by atoms with Crippen molar-refractivity contribution in [2.45, 2.75) is 6.42 Å². The molecule has 4 nitrogen and oxygen atoms in total. The Morgan fingerprint density at radius 3 is 3.00 bits per heavy atom. The smallest absolute Gasteiger partial charge is 0.158 e. The minimum Gasteiger partial charge on any atom is -0.337 e. The summed E-state index contributed by atoms with van der Waals surface area (Å²) >= 11 is 4.70. The third-order valence-corrected chi connectivity index (χ3v) is 4.19. The minimum absolute atomic E-state index is 0.315. The van der Waals surface area contributed by atoms with Crippen LogP contribution in [0.25, 0.3) is 22.6 Å². The van der Waals surface area contributed by atoms with Crippen LogP contribution in [-0.4, -0.2) is 21.5 Å². The van der Waals surface area contributed by atoms with Gasteiger partial charge < -0.3 is 10.7 Å². The first-order chi connectivity index (χ1) is 9.17. The molecule has 0 fully saturated rings. The fourth-order valence-corrected chi connectivity index (χ4v) is 2.91. The molecule has 3 N–H and O–H groups in total. The molecule has 7 heteroatoms. The van der Waals surface area contributed by atoms with Crippen LogP contribution in [0.1, 0.15) is 5.01 Å². The number of nitrogens with zero attached hydrogens (tertiary/aromatic N) is 2. The van der Waals surface area contributed by atoms with Gasteiger partial charge in [-0.05, 0) is 28.5 Å². The van der Waals surface area contributed by atoms with Crippen LogP contribution in [0.3, 0.4) is 0 Å². The fourth-order valence-electron chi connectivity index (χ4n) is 1.78. The predicted octanol–water partition coefficient (Wildman–Crippen LogP) is 3.09. The summed E-state index contributed by atoms with van der Waals surface area (Å²) in [6.07, 6.45) is 0.755. The Morgan fingerprint density at radius 1 is 1.37 bits per heavy atom. The SMILES string of the molecule is NCCc1nc(-c2nc3cc(Br)c(F)cc3[nH]2)cs1. The molecule has 0 saturated heterocycles. The Bertz CT molecular complexity index is 697. The van der Waals surface area contributed by atoms with Crippen molar-refractivity contribution in [1.82, 2.24) is 15.0 Å². The molecule has 3 aromatic rings. The van der Waals surface area contributed by atoms with Crippen LogP contribution in [0.15, 0.2) is 22.0 Å². The second kappa shape index (κ2) is 4.99. The maximum atomic E-state index is 13.4. The highest BCUT2D eigenvalue weighted by Gasteiger charge is 2.11. The van der Waals surface area contributed by atoms with Gasteiger partial charge in [0.05, 0.1) is 20.5 Å². The zero-order chi connectivity index (χ0) is 13.4. The summed E-state index contributed by atoms with van der Waals surface area (Å²) in [5.41, 5.74) is 7.63. The van der Waals surface area contributed by atoms with Crippen molar-refractivity contribution in [3.8, 4) is 11.5 Å². The molecule has 19 heavy (non-hydrogen) atoms. The van der Waals surface area contributed by atoms with Gasteiger partial charge in [-0.1, -0.05) is 0 Å². The highest BCUT2D eigenvalue weighted by Crippen LogP contribution is 2.26. The third-order valence-electron chi connectivity index (χ3n) is 2.68. The largest absolute Gasteiger partial charge is 0.337 e. The summed E-state index contributed by atoms with van der Waals surface area (Å²) in [5.74, 6) is 0.330. The number of halogens is 2. The Morgan fingerprint density at radius 2 is 2.21 bits per heavy atom. The number of thiazole rings is 1. The number of aromatic nitrogens is 3. The Balaban J connectivity index is 2.04. The molecule has 0 saturated carbocycles. The first-order valence-corrected chi connectivity index (χ1v) is 7.34. The summed E-state index contributed by atoms with van der Waals surface area (Å²) < 4.78 is 13.8. The molecule has 0 aliphatic heterocycles. The van der Waals surface area contributed by atoms with Crippen LogP contribution >= 0.6 is 27.3 Å². The molecule has 0 aliphatic carbocycles. The molecule has 1 aromatic carbocycles. The summed E-state index contributed by atoms with van der Waals surface area (Å²) in [6, 6.07) is 3.07. The van der Waals surface area contributed by atoms with Crippen molar-refractivity contribution >= 4 is 38.3 Å². The van der Waals surface area contributed by atoms with Gasteiger partial charge in [-0.3, -0.25) is 0 Å². The summed E-state index contributed by atoms with van der Waals surface area (Å²) in [5, 5.41) is 2.90. The number of hydrogen-bond acceptors (Lipinski definition) is 4. The second-order valence-corrected chi connectivity index (χ2v) is 5.83. The lowest BCUT2D eigenvalue weighted by molar-refractivity contribution is 0.623. The number of nitrogens with two attached hydrogens (primary N) is 1. The molecule has 0 atom stereocenters. The molecule has 3 rings (SSSR count). The molecule has 0 aliphatic rings. The molecule has 0 spiro atoms. The number of nitrogens with one attached hydrogen (secondary N) is 1. The molecule has 0 unspecified atom stereocenters. The average Bonchev–Trinajstić information content (AvgIpc) is 2.97. The first kappa shape index (κ1) is 12.7. The van der Waals surface area contributed by atoms with E-state index in [2.05, 4.69) is 30.9 Å². The number of aromatic amines is 1. The molecule has 98 valence electrons. The van der Waals surface area contributed by atoms with E-state index in [1.54, 1.807) is 17.4 Å². The van der Waals surface area contributed by atoms with Crippen LogP contribution in [0.5, 0.6) is 0 Å². The lowest BCUT2D eigenvalue weighted by atomic mass is 10.3. The molecular weight excluding hydrogens is 331 g/mol. The van der Waals surface area contributed by atoms with Gasteiger partial charge >= 0.3 is 0 Å². The van der Waals surface area contributed by atoms with E-state index in [1.807, 2.05) is 5.38 Å². The number of hydrogen-bond donors (Lipinski definition) is 2. The first-order valence-electron chi connectivity index (χ1n) is 5.67. The molecule has 0 bridgehead atoms. The lowest BCUT2D eigenvalue weighted by Crippen LogP contribution is -2.02.